The number of hydrogen-bond acceptors (Lipinski definition) is 3. The number of terminal acetylenes is 2. The predicted molar refractivity (Wildman–Crippen MR) is 294 cm³/mol. The highest BCUT2D eigenvalue weighted by Crippen LogP contribution is 2.72. The van der Waals surface area contributed by atoms with Crippen molar-refractivity contribution >= 4 is 5.69 Å². The zero-order valence-electron chi connectivity index (χ0n) is 40.3. The maximum Gasteiger partial charge on any atom is 0.109 e. The van der Waals surface area contributed by atoms with Crippen molar-refractivity contribution < 1.29 is 0 Å². The van der Waals surface area contributed by atoms with Crippen molar-refractivity contribution in [2.75, 3.05) is 11.4 Å². The third-order valence-electron chi connectivity index (χ3n) is 14.5. The molecule has 338 valence electrons. The summed E-state index contributed by atoms with van der Waals surface area (Å²) in [4.78, 5) is 2.67. The Morgan fingerprint density at radius 1 is 0.411 bits per heavy atom. The van der Waals surface area contributed by atoms with Crippen molar-refractivity contribution in [1.29, 1.82) is 0 Å². The third kappa shape index (κ3) is 7.37. The Morgan fingerprint density at radius 3 is 1.25 bits per heavy atom. The fourth-order valence-electron chi connectivity index (χ4n) is 11.4. The first-order valence-electron chi connectivity index (χ1n) is 24.3. The van der Waals surface area contributed by atoms with Gasteiger partial charge in [-0.25, -0.2) is 0 Å². The molecular weight excluding hydrogens is 883 g/mol. The summed E-state index contributed by atoms with van der Waals surface area (Å²) >= 11 is 0. The molecule has 0 saturated carbocycles. The Balaban J connectivity index is 1.01. The Kier molecular flexibility index (Phi) is 10.9. The normalized spacial score (nSPS) is 14.5. The van der Waals surface area contributed by atoms with Gasteiger partial charge in [0.05, 0.1) is 22.5 Å². The van der Waals surface area contributed by atoms with Crippen LogP contribution in [0.5, 0.6) is 0 Å². The van der Waals surface area contributed by atoms with E-state index in [0.717, 1.165) is 85.7 Å². The van der Waals surface area contributed by atoms with Crippen molar-refractivity contribution in [3.8, 4) is 83.2 Å². The number of aryl methyl sites for hydroxylation is 2. The molecule has 1 atom stereocenters. The molecule has 8 aromatic carbocycles. The van der Waals surface area contributed by atoms with Crippen LogP contribution in [-0.4, -0.2) is 16.7 Å². The molecule has 1 aliphatic carbocycles. The van der Waals surface area contributed by atoms with Crippen LogP contribution in [-0.2, 0) is 17.4 Å². The molecule has 1 aromatic heterocycles. The second kappa shape index (κ2) is 18.1. The summed E-state index contributed by atoms with van der Waals surface area (Å²) in [6, 6.07) is 65.4. The van der Waals surface area contributed by atoms with Crippen molar-refractivity contribution in [3.05, 3.63) is 288 Å². The first kappa shape index (κ1) is 44.2. The topological polar surface area (TPSA) is 29.0 Å². The number of anilines is 1. The van der Waals surface area contributed by atoms with Crippen LogP contribution in [0.1, 0.15) is 100 Å². The van der Waals surface area contributed by atoms with Crippen molar-refractivity contribution in [1.82, 2.24) is 10.2 Å². The van der Waals surface area contributed by atoms with Gasteiger partial charge >= 0.3 is 0 Å². The molecule has 1 unspecified atom stereocenters. The van der Waals surface area contributed by atoms with Crippen LogP contribution in [0.3, 0.4) is 0 Å². The monoisotopic (exact) mass is 925 g/mol. The molecule has 9 aromatic rings. The van der Waals surface area contributed by atoms with E-state index in [9.17, 15) is 0 Å². The lowest BCUT2D eigenvalue weighted by Gasteiger charge is -2.54. The molecule has 73 heavy (non-hydrogen) atoms. The molecule has 1 spiro atoms. The Hall–Kier alpha value is -10.0. The molecule has 0 amide bonds. The standard InChI is InChI=1S/C70H43N3/c1-5-50-16-20-52(21-17-50)24-26-54-28-32-56(33-29-54)36-38-58-40-42-62-63-43-41-59(39-37-57-34-30-55(31-35-57)27-25-53-22-18-51(6-2)19-23-53)47-66(63)69(65(62)46-58)67-48(3)71-72-49(4)68(67)73-45-44-60-12-10-11-15-64(60)70(69,73)61-13-8-7-9-14-61/h1-2,7-23,28-35,40-43,46-47H,44-45H2,3-4H3. The van der Waals surface area contributed by atoms with Gasteiger partial charge in [0.2, 0.25) is 0 Å². The van der Waals surface area contributed by atoms with Crippen molar-refractivity contribution in [2.24, 2.45) is 0 Å². The van der Waals surface area contributed by atoms with Gasteiger partial charge in [-0.1, -0.05) is 126 Å². The number of rotatable bonds is 1. The van der Waals surface area contributed by atoms with Gasteiger partial charge in [0.25, 0.3) is 0 Å². The summed E-state index contributed by atoms with van der Waals surface area (Å²) in [6.07, 6.45) is 12.0. The van der Waals surface area contributed by atoms with Gasteiger partial charge in [-0.05, 0) is 181 Å². The smallest absolute Gasteiger partial charge is 0.109 e. The number of hydrogen-bond donors (Lipinski definition) is 0. The fraction of sp³-hybridized carbons (Fsp3) is 0.0857. The van der Waals surface area contributed by atoms with Crippen LogP contribution in [0.4, 0.5) is 5.69 Å². The highest BCUT2D eigenvalue weighted by atomic mass is 15.3. The molecule has 3 aliphatic rings. The van der Waals surface area contributed by atoms with E-state index in [2.05, 4.69) is 169 Å². The maximum absolute atomic E-state index is 5.54. The number of nitrogens with zero attached hydrogens (tertiary/aromatic N) is 3. The zero-order valence-corrected chi connectivity index (χ0v) is 40.3. The minimum absolute atomic E-state index is 0.746. The molecule has 2 aliphatic heterocycles. The van der Waals surface area contributed by atoms with Crippen LogP contribution in [0, 0.1) is 85.9 Å². The molecule has 0 N–H and O–H groups in total. The van der Waals surface area contributed by atoms with Crippen molar-refractivity contribution in [3.63, 3.8) is 0 Å². The minimum Gasteiger partial charge on any atom is -0.354 e. The molecule has 0 bridgehead atoms. The van der Waals surface area contributed by atoms with Gasteiger partial charge < -0.3 is 4.90 Å². The molecule has 3 nitrogen and oxygen atoms in total. The van der Waals surface area contributed by atoms with Gasteiger partial charge in [-0.3, -0.25) is 0 Å². The summed E-state index contributed by atoms with van der Waals surface area (Å²) in [6.45, 7) is 5.05. The summed E-state index contributed by atoms with van der Waals surface area (Å²) in [5.41, 5.74) is 20.0. The first-order chi connectivity index (χ1) is 35.9. The van der Waals surface area contributed by atoms with Gasteiger partial charge in [0, 0.05) is 67.7 Å². The van der Waals surface area contributed by atoms with E-state index in [1.165, 1.54) is 44.5 Å². The quantitative estimate of drug-likeness (QED) is 0.154. The summed E-state index contributed by atoms with van der Waals surface area (Å²) in [7, 11) is 0. The van der Waals surface area contributed by atoms with E-state index in [4.69, 9.17) is 23.0 Å². The van der Waals surface area contributed by atoms with E-state index in [1.807, 2.05) is 97.1 Å². The highest BCUT2D eigenvalue weighted by molar-refractivity contribution is 5.93. The van der Waals surface area contributed by atoms with Crippen LogP contribution >= 0.6 is 0 Å². The third-order valence-corrected chi connectivity index (χ3v) is 14.5. The molecule has 0 fully saturated rings. The lowest BCUT2D eigenvalue weighted by molar-refractivity contribution is 0.358. The van der Waals surface area contributed by atoms with Gasteiger partial charge in [-0.2, -0.15) is 10.2 Å². The Morgan fingerprint density at radius 2 is 0.795 bits per heavy atom. The van der Waals surface area contributed by atoms with Gasteiger partial charge in [-0.15, -0.1) is 12.8 Å². The minimum atomic E-state index is -0.812. The van der Waals surface area contributed by atoms with Crippen LogP contribution in [0.15, 0.2) is 188 Å². The Bertz CT molecular complexity index is 3880. The first-order valence-corrected chi connectivity index (χ1v) is 24.3. The fourth-order valence-corrected chi connectivity index (χ4v) is 11.4. The summed E-state index contributed by atoms with van der Waals surface area (Å²) in [5.74, 6) is 32.6. The lowest BCUT2D eigenvalue weighted by Crippen LogP contribution is -2.59. The van der Waals surface area contributed by atoms with E-state index >= 15 is 0 Å². The van der Waals surface area contributed by atoms with Gasteiger partial charge in [0.15, 0.2) is 0 Å². The van der Waals surface area contributed by atoms with Crippen molar-refractivity contribution in [2.45, 2.75) is 31.2 Å². The van der Waals surface area contributed by atoms with E-state index in [0.29, 0.717) is 0 Å². The van der Waals surface area contributed by atoms with Gasteiger partial charge in [0.1, 0.15) is 5.54 Å². The molecule has 0 radical (unpaired) electrons. The predicted octanol–water partition coefficient (Wildman–Crippen LogP) is 12.3. The number of aromatic nitrogens is 2. The van der Waals surface area contributed by atoms with Crippen LogP contribution < -0.4 is 4.90 Å². The highest BCUT2D eigenvalue weighted by Gasteiger charge is 2.70. The molecule has 3 heteroatoms. The molecular formula is C70H43N3. The largest absolute Gasteiger partial charge is 0.354 e. The lowest BCUT2D eigenvalue weighted by atomic mass is 9.55. The molecule has 0 saturated heterocycles. The zero-order chi connectivity index (χ0) is 49.5. The van der Waals surface area contributed by atoms with E-state index < -0.39 is 11.0 Å². The summed E-state index contributed by atoms with van der Waals surface area (Å²) < 4.78 is 0. The van der Waals surface area contributed by atoms with Crippen LogP contribution in [0.25, 0.3) is 11.1 Å². The second-order valence-corrected chi connectivity index (χ2v) is 18.6. The van der Waals surface area contributed by atoms with Crippen LogP contribution in [0.2, 0.25) is 0 Å². The van der Waals surface area contributed by atoms with E-state index in [-0.39, 0.29) is 0 Å². The number of benzene rings is 8. The molecule has 12 rings (SSSR count). The van der Waals surface area contributed by atoms with E-state index in [1.54, 1.807) is 0 Å². The SMILES string of the molecule is C#Cc1ccc(C#Cc2ccc(C#Cc3ccc4c(c3)C3(c5cc(C#Cc6ccc(C#Cc7ccc(C#C)cc7)cc6)ccc5-4)c4c(C)nnc(C)c4N4CCc5ccccc5C43c3ccccc3)cc2)cc1. The average molecular weight is 926 g/mol. The maximum atomic E-state index is 5.54. The Labute approximate surface area is 428 Å². The molecule has 3 heterocycles. The number of fused-ring (bicyclic) bond motifs is 12. The average Bonchev–Trinajstić information content (AvgIpc) is 3.91. The summed E-state index contributed by atoms with van der Waals surface area (Å²) in [5, 5.41) is 9.84. The second-order valence-electron chi connectivity index (χ2n) is 18.6.